The second kappa shape index (κ2) is 7.90. The number of nitrogens with one attached hydrogen (secondary N) is 1. The number of fused-ring (bicyclic) bond motifs is 1. The fraction of sp³-hybridized carbons (Fsp3) is 0.857. The van der Waals surface area contributed by atoms with E-state index in [1.165, 1.54) is 11.3 Å². The van der Waals surface area contributed by atoms with E-state index >= 15 is 0 Å². The van der Waals surface area contributed by atoms with Crippen molar-refractivity contribution < 1.29 is 14.4 Å². The highest BCUT2D eigenvalue weighted by Crippen LogP contribution is 2.37. The van der Waals surface area contributed by atoms with E-state index in [0.717, 1.165) is 38.8 Å². The Morgan fingerprint density at radius 1 is 1.04 bits per heavy atom. The van der Waals surface area contributed by atoms with E-state index in [1.54, 1.807) is 0 Å². The Kier molecular flexibility index (Phi) is 5.94. The topological polar surface area (TPSA) is 69.7 Å². The molecular formula is C21H35N3O3. The van der Waals surface area contributed by atoms with Gasteiger partial charge in [-0.15, -0.1) is 0 Å². The van der Waals surface area contributed by atoms with Gasteiger partial charge >= 0.3 is 0 Å². The van der Waals surface area contributed by atoms with Gasteiger partial charge < -0.3 is 5.32 Å². The molecule has 2 heterocycles. The fourth-order valence-corrected chi connectivity index (χ4v) is 5.17. The molecular weight excluding hydrogens is 342 g/mol. The quantitative estimate of drug-likeness (QED) is 0.745. The van der Waals surface area contributed by atoms with Gasteiger partial charge in [-0.25, -0.2) is 0 Å². The highest BCUT2D eigenvalue weighted by atomic mass is 16.2. The van der Waals surface area contributed by atoms with Crippen LogP contribution in [0.4, 0.5) is 0 Å². The number of imide groups is 1. The molecule has 3 fully saturated rings. The summed E-state index contributed by atoms with van der Waals surface area (Å²) in [5.74, 6) is 0.426. The number of rotatable bonds is 5. The van der Waals surface area contributed by atoms with Crippen molar-refractivity contribution >= 4 is 17.7 Å². The van der Waals surface area contributed by atoms with Crippen molar-refractivity contribution in [1.82, 2.24) is 15.1 Å². The van der Waals surface area contributed by atoms with Crippen molar-refractivity contribution in [1.29, 1.82) is 0 Å². The molecule has 1 saturated carbocycles. The highest BCUT2D eigenvalue weighted by Gasteiger charge is 2.48. The Morgan fingerprint density at radius 2 is 1.56 bits per heavy atom. The van der Waals surface area contributed by atoms with Crippen LogP contribution in [0.5, 0.6) is 0 Å². The van der Waals surface area contributed by atoms with Gasteiger partial charge in [-0.2, -0.15) is 0 Å². The Bertz CT molecular complexity index is 569. The molecule has 2 aliphatic heterocycles. The number of piperidine rings is 1. The van der Waals surface area contributed by atoms with Crippen LogP contribution in [0.15, 0.2) is 0 Å². The van der Waals surface area contributed by atoms with Gasteiger partial charge in [-0.1, -0.05) is 26.7 Å². The van der Waals surface area contributed by atoms with E-state index in [0.29, 0.717) is 18.4 Å². The molecule has 0 aromatic carbocycles. The molecule has 6 nitrogen and oxygen atoms in total. The van der Waals surface area contributed by atoms with Crippen molar-refractivity contribution in [2.24, 2.45) is 23.7 Å². The van der Waals surface area contributed by atoms with Gasteiger partial charge in [-0.3, -0.25) is 24.2 Å². The number of carbonyl (C=O) groups excluding carboxylic acids is 3. The van der Waals surface area contributed by atoms with Gasteiger partial charge in [-0.05, 0) is 44.9 Å². The third kappa shape index (κ3) is 4.36. The lowest BCUT2D eigenvalue weighted by Gasteiger charge is -2.45. The van der Waals surface area contributed by atoms with E-state index < -0.39 is 0 Å². The maximum Gasteiger partial charge on any atom is 0.240 e. The largest absolute Gasteiger partial charge is 0.353 e. The molecule has 3 aliphatic rings. The molecule has 27 heavy (non-hydrogen) atoms. The van der Waals surface area contributed by atoms with Crippen LogP contribution in [0, 0.1) is 23.7 Å². The van der Waals surface area contributed by atoms with E-state index in [-0.39, 0.29) is 41.6 Å². The number of hydrogen-bond acceptors (Lipinski definition) is 4. The predicted molar refractivity (Wildman–Crippen MR) is 104 cm³/mol. The van der Waals surface area contributed by atoms with Crippen molar-refractivity contribution in [3.63, 3.8) is 0 Å². The van der Waals surface area contributed by atoms with Crippen LogP contribution >= 0.6 is 0 Å². The lowest BCUT2D eigenvalue weighted by molar-refractivity contribution is -0.143. The lowest BCUT2D eigenvalue weighted by Crippen LogP contribution is -2.56. The molecule has 3 amide bonds. The maximum absolute atomic E-state index is 12.5. The van der Waals surface area contributed by atoms with Gasteiger partial charge in [0.05, 0.1) is 11.8 Å². The molecule has 3 rings (SSSR count). The van der Waals surface area contributed by atoms with Gasteiger partial charge in [0, 0.05) is 25.2 Å². The van der Waals surface area contributed by atoms with Crippen molar-refractivity contribution in [2.75, 3.05) is 26.2 Å². The van der Waals surface area contributed by atoms with Gasteiger partial charge in [0.2, 0.25) is 17.7 Å². The summed E-state index contributed by atoms with van der Waals surface area (Å²) in [4.78, 5) is 41.2. The summed E-state index contributed by atoms with van der Waals surface area (Å²) in [6.45, 7) is 11.3. The lowest BCUT2D eigenvalue weighted by atomic mass is 9.81. The first-order valence-electron chi connectivity index (χ1n) is 10.6. The molecule has 1 aliphatic carbocycles. The van der Waals surface area contributed by atoms with E-state index in [1.807, 2.05) is 0 Å². The summed E-state index contributed by atoms with van der Waals surface area (Å²) in [7, 11) is 0. The Labute approximate surface area is 163 Å². The Balaban J connectivity index is 1.53. The zero-order valence-corrected chi connectivity index (χ0v) is 17.3. The summed E-state index contributed by atoms with van der Waals surface area (Å²) in [5.41, 5.74) is -0.147. The second-order valence-electron chi connectivity index (χ2n) is 9.70. The minimum atomic E-state index is -0.235. The van der Waals surface area contributed by atoms with Gasteiger partial charge in [0.1, 0.15) is 6.54 Å². The minimum Gasteiger partial charge on any atom is -0.353 e. The van der Waals surface area contributed by atoms with Crippen LogP contribution in [-0.4, -0.2) is 59.2 Å². The van der Waals surface area contributed by atoms with Crippen molar-refractivity contribution in [3.05, 3.63) is 0 Å². The highest BCUT2D eigenvalue weighted by molar-refractivity contribution is 6.07. The third-order valence-corrected chi connectivity index (χ3v) is 6.68. The van der Waals surface area contributed by atoms with Gasteiger partial charge in [0.25, 0.3) is 0 Å². The molecule has 4 unspecified atom stereocenters. The number of nitrogens with zero attached hydrogens (tertiary/aromatic N) is 2. The van der Waals surface area contributed by atoms with Crippen LogP contribution in [0.25, 0.3) is 0 Å². The number of likely N-dealkylation sites (tertiary alicyclic amines) is 2. The van der Waals surface area contributed by atoms with Crippen LogP contribution in [0.2, 0.25) is 0 Å². The summed E-state index contributed by atoms with van der Waals surface area (Å²) in [5, 5.41) is 2.97. The monoisotopic (exact) mass is 377 g/mol. The molecule has 0 aromatic rings. The number of hydrogen-bond donors (Lipinski definition) is 1. The first-order chi connectivity index (χ1) is 12.7. The Hall–Kier alpha value is -1.43. The summed E-state index contributed by atoms with van der Waals surface area (Å²) in [6, 6.07) is 0. The molecule has 4 atom stereocenters. The normalized spacial score (nSPS) is 32.5. The molecule has 152 valence electrons. The summed E-state index contributed by atoms with van der Waals surface area (Å²) >= 11 is 0. The van der Waals surface area contributed by atoms with E-state index in [4.69, 9.17) is 0 Å². The molecule has 0 bridgehead atoms. The minimum absolute atomic E-state index is 0.131. The zero-order chi connectivity index (χ0) is 19.8. The zero-order valence-electron chi connectivity index (χ0n) is 17.3. The predicted octanol–water partition coefficient (Wildman–Crippen LogP) is 2.03. The smallest absolute Gasteiger partial charge is 0.240 e. The van der Waals surface area contributed by atoms with E-state index in [9.17, 15) is 14.4 Å². The Morgan fingerprint density at radius 3 is 2.07 bits per heavy atom. The third-order valence-electron chi connectivity index (χ3n) is 6.68. The maximum atomic E-state index is 12.5. The number of carbonyl (C=O) groups is 3. The molecule has 0 spiro atoms. The van der Waals surface area contributed by atoms with Crippen molar-refractivity contribution in [3.8, 4) is 0 Å². The summed E-state index contributed by atoms with van der Waals surface area (Å²) in [6.07, 6.45) is 4.82. The SMILES string of the molecule is CC1CC(C)CN(C(C)(C)CNC(=O)CN2C(=O)C3CCCCC3C2=O)C1. The average molecular weight is 378 g/mol. The first-order valence-corrected chi connectivity index (χ1v) is 10.6. The van der Waals surface area contributed by atoms with Crippen LogP contribution < -0.4 is 5.32 Å². The molecule has 0 radical (unpaired) electrons. The average Bonchev–Trinajstić information content (AvgIpc) is 2.85. The number of amides is 3. The second-order valence-corrected chi connectivity index (χ2v) is 9.70. The van der Waals surface area contributed by atoms with E-state index in [2.05, 4.69) is 37.9 Å². The van der Waals surface area contributed by atoms with Crippen LogP contribution in [0.1, 0.15) is 59.8 Å². The molecule has 6 heteroatoms. The molecule has 2 saturated heterocycles. The summed E-state index contributed by atoms with van der Waals surface area (Å²) < 4.78 is 0. The molecule has 1 N–H and O–H groups in total. The van der Waals surface area contributed by atoms with Crippen LogP contribution in [-0.2, 0) is 14.4 Å². The first kappa shape index (κ1) is 20.3. The van der Waals surface area contributed by atoms with Crippen molar-refractivity contribution in [2.45, 2.75) is 65.3 Å². The van der Waals surface area contributed by atoms with Gasteiger partial charge in [0.15, 0.2) is 0 Å². The molecule has 0 aromatic heterocycles. The standard InChI is InChI=1S/C21H35N3O3/c1-14-9-15(2)11-23(10-14)21(3,4)13-22-18(25)12-24-19(26)16-7-5-6-8-17(16)20(24)27/h14-17H,5-13H2,1-4H3,(H,22,25). The fourth-order valence-electron chi connectivity index (χ4n) is 5.17. The van der Waals surface area contributed by atoms with Crippen LogP contribution in [0.3, 0.4) is 0 Å².